The van der Waals surface area contributed by atoms with Gasteiger partial charge >= 0.3 is 0 Å². The van der Waals surface area contributed by atoms with E-state index in [0.29, 0.717) is 58.7 Å². The number of piperazine rings is 1. The standard InChI is InChI=1S/C22H33F2N7O3S/c1-34-22(35)27-12-15(25)13-31(26)16-10-18(23)21(19(24)11-16)30-8-6-29(7-9-30)20(33)14-28-4-2-17(32)3-5-28/h10-11,13,17,32H,2-9,12,14,25-26H2,1H3,(H,27,35)/b15-13-. The summed E-state index contributed by atoms with van der Waals surface area (Å²) in [4.78, 5) is 18.0. The smallest absolute Gasteiger partial charge is 0.256 e. The minimum Gasteiger partial charge on any atom is -0.474 e. The molecule has 13 heteroatoms. The van der Waals surface area contributed by atoms with Crippen LogP contribution in [0.1, 0.15) is 12.8 Å². The van der Waals surface area contributed by atoms with Crippen molar-refractivity contribution >= 4 is 34.7 Å². The molecule has 3 rings (SSSR count). The number of benzene rings is 1. The molecule has 1 amide bonds. The highest BCUT2D eigenvalue weighted by Gasteiger charge is 2.27. The lowest BCUT2D eigenvalue weighted by Gasteiger charge is -2.38. The van der Waals surface area contributed by atoms with Gasteiger partial charge in [0, 0.05) is 63.3 Å². The molecular weight excluding hydrogens is 480 g/mol. The minimum absolute atomic E-state index is 0.0127. The Morgan fingerprint density at radius 2 is 1.83 bits per heavy atom. The molecule has 1 aromatic carbocycles. The zero-order valence-corrected chi connectivity index (χ0v) is 20.6. The van der Waals surface area contributed by atoms with Gasteiger partial charge in [-0.3, -0.25) is 14.7 Å². The number of aliphatic hydroxyl groups excluding tert-OH is 1. The van der Waals surface area contributed by atoms with Crippen LogP contribution in [0.4, 0.5) is 20.2 Å². The van der Waals surface area contributed by atoms with Gasteiger partial charge in [0.25, 0.3) is 5.17 Å². The maximum absolute atomic E-state index is 14.9. The van der Waals surface area contributed by atoms with Crippen LogP contribution in [0, 0.1) is 11.6 Å². The average Bonchev–Trinajstić information content (AvgIpc) is 2.83. The first-order valence-corrected chi connectivity index (χ1v) is 11.8. The second-order valence-electron chi connectivity index (χ2n) is 8.59. The molecule has 1 aromatic rings. The molecular formula is C22H33F2N7O3S. The summed E-state index contributed by atoms with van der Waals surface area (Å²) in [7, 11) is 1.41. The van der Waals surface area contributed by atoms with Crippen LogP contribution in [-0.2, 0) is 9.53 Å². The monoisotopic (exact) mass is 513 g/mol. The molecule has 0 spiro atoms. The van der Waals surface area contributed by atoms with Crippen molar-refractivity contribution in [2.75, 3.05) is 69.4 Å². The summed E-state index contributed by atoms with van der Waals surface area (Å²) < 4.78 is 34.6. The van der Waals surface area contributed by atoms with Crippen molar-refractivity contribution in [1.29, 1.82) is 0 Å². The lowest BCUT2D eigenvalue weighted by atomic mass is 10.1. The summed E-state index contributed by atoms with van der Waals surface area (Å²) in [5, 5.41) is 13.5. The Kier molecular flexibility index (Phi) is 9.43. The van der Waals surface area contributed by atoms with Crippen LogP contribution >= 0.6 is 12.2 Å². The number of likely N-dealkylation sites (tertiary alicyclic amines) is 1. The fourth-order valence-electron chi connectivity index (χ4n) is 4.10. The minimum atomic E-state index is -0.757. The van der Waals surface area contributed by atoms with Gasteiger partial charge in [-0.25, -0.2) is 14.6 Å². The number of nitrogens with one attached hydrogen (secondary N) is 1. The SMILES string of the molecule is COC(=S)NC/C(N)=C/N(N)c1cc(F)c(N2CCN(C(=O)CN3CCC(O)CC3)CC2)c(F)c1. The Hall–Kier alpha value is -2.74. The largest absolute Gasteiger partial charge is 0.474 e. The number of carbonyl (C=O) groups is 1. The summed E-state index contributed by atoms with van der Waals surface area (Å²) >= 11 is 4.86. The van der Waals surface area contributed by atoms with Gasteiger partial charge in [-0.05, 0) is 25.1 Å². The van der Waals surface area contributed by atoms with Gasteiger partial charge in [0.15, 0.2) is 11.6 Å². The number of amides is 1. The zero-order chi connectivity index (χ0) is 25.5. The number of methoxy groups -OCH3 is 1. The molecule has 0 atom stereocenters. The molecule has 0 saturated carbocycles. The van der Waals surface area contributed by atoms with E-state index < -0.39 is 11.6 Å². The number of thiocarbonyl (C=S) groups is 1. The van der Waals surface area contributed by atoms with Crippen LogP contribution in [0.25, 0.3) is 0 Å². The van der Waals surface area contributed by atoms with E-state index in [1.807, 2.05) is 4.90 Å². The summed E-state index contributed by atoms with van der Waals surface area (Å²) in [6.45, 7) is 3.16. The van der Waals surface area contributed by atoms with E-state index >= 15 is 0 Å². The topological polar surface area (TPSA) is 124 Å². The second kappa shape index (κ2) is 12.3. The van der Waals surface area contributed by atoms with E-state index in [2.05, 4.69) is 5.32 Å². The second-order valence-corrected chi connectivity index (χ2v) is 8.96. The van der Waals surface area contributed by atoms with Crippen molar-refractivity contribution in [3.05, 3.63) is 35.7 Å². The molecule has 0 aromatic heterocycles. The highest BCUT2D eigenvalue weighted by molar-refractivity contribution is 7.80. The Morgan fingerprint density at radius 1 is 1.23 bits per heavy atom. The Labute approximate surface area is 209 Å². The fourth-order valence-corrected chi connectivity index (χ4v) is 4.17. The van der Waals surface area contributed by atoms with Gasteiger partial charge in [0.1, 0.15) is 5.69 Å². The number of carbonyl (C=O) groups excluding carboxylic acids is 1. The van der Waals surface area contributed by atoms with E-state index in [1.54, 1.807) is 9.80 Å². The molecule has 2 heterocycles. The predicted octanol–water partition coefficient (Wildman–Crippen LogP) is 0.0712. The van der Waals surface area contributed by atoms with E-state index in [4.69, 9.17) is 28.5 Å². The van der Waals surface area contributed by atoms with E-state index in [9.17, 15) is 18.7 Å². The number of halogens is 2. The third-order valence-electron chi connectivity index (χ3n) is 6.09. The van der Waals surface area contributed by atoms with Gasteiger partial charge in [0.05, 0.1) is 32.0 Å². The lowest BCUT2D eigenvalue weighted by Crippen LogP contribution is -2.52. The first-order valence-electron chi connectivity index (χ1n) is 11.4. The van der Waals surface area contributed by atoms with E-state index in [-0.39, 0.29) is 40.8 Å². The Balaban J connectivity index is 1.57. The van der Waals surface area contributed by atoms with Gasteiger partial charge < -0.3 is 30.7 Å². The number of rotatable bonds is 7. The molecule has 2 fully saturated rings. The maximum Gasteiger partial charge on any atom is 0.256 e. The molecule has 0 bridgehead atoms. The quantitative estimate of drug-likeness (QED) is 0.226. The third-order valence-corrected chi connectivity index (χ3v) is 6.40. The lowest BCUT2D eigenvalue weighted by molar-refractivity contribution is -0.133. The number of nitrogens with zero attached hydrogens (tertiary/aromatic N) is 4. The number of hydrogen-bond acceptors (Lipinski definition) is 9. The van der Waals surface area contributed by atoms with Crippen molar-refractivity contribution in [2.24, 2.45) is 11.6 Å². The van der Waals surface area contributed by atoms with Crippen LogP contribution < -0.4 is 26.8 Å². The summed E-state index contributed by atoms with van der Waals surface area (Å²) in [5.41, 5.74) is 6.07. The van der Waals surface area contributed by atoms with Gasteiger partial charge in [-0.1, -0.05) is 0 Å². The number of piperidine rings is 1. The molecule has 2 aliphatic rings. The predicted molar refractivity (Wildman–Crippen MR) is 133 cm³/mol. The normalized spacial score (nSPS) is 17.9. The van der Waals surface area contributed by atoms with Crippen molar-refractivity contribution in [3.8, 4) is 0 Å². The number of anilines is 2. The molecule has 194 valence electrons. The van der Waals surface area contributed by atoms with Crippen LogP contribution in [-0.4, -0.2) is 91.6 Å². The first kappa shape index (κ1) is 26.9. The van der Waals surface area contributed by atoms with Gasteiger partial charge in [0.2, 0.25) is 5.91 Å². The van der Waals surface area contributed by atoms with Crippen LogP contribution in [0.15, 0.2) is 24.0 Å². The summed E-state index contributed by atoms with van der Waals surface area (Å²) in [6.07, 6.45) is 2.36. The van der Waals surface area contributed by atoms with E-state index in [0.717, 1.165) is 17.1 Å². The number of ether oxygens (including phenoxy) is 1. The van der Waals surface area contributed by atoms with Crippen LogP contribution in [0.3, 0.4) is 0 Å². The van der Waals surface area contributed by atoms with Gasteiger partial charge in [-0.2, -0.15) is 0 Å². The maximum atomic E-state index is 14.9. The highest BCUT2D eigenvalue weighted by Crippen LogP contribution is 2.29. The number of hydrogen-bond donors (Lipinski definition) is 4. The first-order chi connectivity index (χ1) is 16.7. The van der Waals surface area contributed by atoms with E-state index in [1.165, 1.54) is 13.3 Å². The van der Waals surface area contributed by atoms with Crippen molar-refractivity contribution in [2.45, 2.75) is 18.9 Å². The van der Waals surface area contributed by atoms with Crippen molar-refractivity contribution in [3.63, 3.8) is 0 Å². The third kappa shape index (κ3) is 7.37. The molecule has 6 N–H and O–H groups in total. The zero-order valence-electron chi connectivity index (χ0n) is 19.8. The van der Waals surface area contributed by atoms with Crippen LogP contribution in [0.2, 0.25) is 0 Å². The number of aliphatic hydroxyl groups is 1. The summed E-state index contributed by atoms with van der Waals surface area (Å²) in [6, 6.07) is 2.27. The van der Waals surface area contributed by atoms with Crippen LogP contribution in [0.5, 0.6) is 0 Å². The van der Waals surface area contributed by atoms with Crippen molar-refractivity contribution in [1.82, 2.24) is 15.1 Å². The van der Waals surface area contributed by atoms with Crippen molar-refractivity contribution < 1.29 is 23.4 Å². The highest BCUT2D eigenvalue weighted by atomic mass is 32.1. The molecule has 10 nitrogen and oxygen atoms in total. The fraction of sp³-hybridized carbons (Fsp3) is 0.545. The van der Waals surface area contributed by atoms with Gasteiger partial charge in [-0.15, -0.1) is 0 Å². The molecule has 0 radical (unpaired) electrons. The molecule has 0 unspecified atom stereocenters. The summed E-state index contributed by atoms with van der Waals surface area (Å²) in [5.74, 6) is 4.39. The number of nitrogens with two attached hydrogens (primary N) is 2. The molecule has 2 aliphatic heterocycles. The Morgan fingerprint density at radius 3 is 2.40 bits per heavy atom. The average molecular weight is 514 g/mol. The number of hydrazine groups is 1. The Bertz CT molecular complexity index is 913. The molecule has 2 saturated heterocycles. The molecule has 0 aliphatic carbocycles. The molecule has 35 heavy (non-hydrogen) atoms.